The summed E-state index contributed by atoms with van der Waals surface area (Å²) in [6.07, 6.45) is 4.22. The number of benzene rings is 1. The van der Waals surface area contributed by atoms with Gasteiger partial charge in [0, 0.05) is 43.8 Å². The van der Waals surface area contributed by atoms with Crippen molar-refractivity contribution in [1.29, 1.82) is 0 Å². The highest BCUT2D eigenvalue weighted by Crippen LogP contribution is 2.17. The SMILES string of the molecule is CCn1ccc(CNc2ccc(C(=O)NC)cc2C)c1. The lowest BCUT2D eigenvalue weighted by atomic mass is 10.1. The lowest BCUT2D eigenvalue weighted by Crippen LogP contribution is -2.17. The van der Waals surface area contributed by atoms with Crippen molar-refractivity contribution in [1.82, 2.24) is 9.88 Å². The first-order chi connectivity index (χ1) is 9.63. The van der Waals surface area contributed by atoms with E-state index in [4.69, 9.17) is 0 Å². The fourth-order valence-electron chi connectivity index (χ4n) is 2.14. The molecule has 4 nitrogen and oxygen atoms in total. The first-order valence-corrected chi connectivity index (χ1v) is 6.85. The summed E-state index contributed by atoms with van der Waals surface area (Å²) in [6.45, 7) is 5.90. The molecule has 2 N–H and O–H groups in total. The van der Waals surface area contributed by atoms with E-state index in [2.05, 4.69) is 40.6 Å². The van der Waals surface area contributed by atoms with E-state index in [1.807, 2.05) is 25.1 Å². The minimum atomic E-state index is -0.0559. The zero-order valence-corrected chi connectivity index (χ0v) is 12.2. The third kappa shape index (κ3) is 3.20. The Bertz CT molecular complexity index is 602. The van der Waals surface area contributed by atoms with Crippen LogP contribution in [0.3, 0.4) is 0 Å². The predicted octanol–water partition coefficient (Wildman–Crippen LogP) is 2.79. The maximum Gasteiger partial charge on any atom is 0.251 e. The second kappa shape index (κ2) is 6.28. The van der Waals surface area contributed by atoms with Crippen molar-refractivity contribution in [2.24, 2.45) is 0 Å². The second-order valence-corrected chi connectivity index (χ2v) is 4.81. The minimum Gasteiger partial charge on any atom is -0.381 e. The van der Waals surface area contributed by atoms with Gasteiger partial charge < -0.3 is 15.2 Å². The molecule has 1 amide bonds. The summed E-state index contributed by atoms with van der Waals surface area (Å²) < 4.78 is 2.15. The summed E-state index contributed by atoms with van der Waals surface area (Å²) >= 11 is 0. The van der Waals surface area contributed by atoms with Crippen molar-refractivity contribution in [2.45, 2.75) is 26.9 Å². The van der Waals surface area contributed by atoms with Crippen molar-refractivity contribution in [2.75, 3.05) is 12.4 Å². The standard InChI is InChI=1S/C16H21N3O/c1-4-19-8-7-13(11-19)10-18-15-6-5-14(9-12(15)2)16(20)17-3/h5-9,11,18H,4,10H2,1-3H3,(H,17,20). The Hall–Kier alpha value is -2.23. The second-order valence-electron chi connectivity index (χ2n) is 4.81. The van der Waals surface area contributed by atoms with Gasteiger partial charge in [0.25, 0.3) is 5.91 Å². The van der Waals surface area contributed by atoms with Gasteiger partial charge in [-0.25, -0.2) is 0 Å². The van der Waals surface area contributed by atoms with Gasteiger partial charge in [0.2, 0.25) is 0 Å². The summed E-state index contributed by atoms with van der Waals surface area (Å²) in [5.74, 6) is -0.0559. The molecule has 1 heterocycles. The largest absolute Gasteiger partial charge is 0.381 e. The van der Waals surface area contributed by atoms with Gasteiger partial charge in [-0.2, -0.15) is 0 Å². The molecule has 0 aliphatic heterocycles. The third-order valence-corrected chi connectivity index (χ3v) is 3.38. The number of amides is 1. The van der Waals surface area contributed by atoms with Crippen LogP contribution in [-0.4, -0.2) is 17.5 Å². The molecule has 1 aromatic heterocycles. The molecule has 0 radical (unpaired) electrons. The van der Waals surface area contributed by atoms with E-state index in [1.165, 1.54) is 5.56 Å². The van der Waals surface area contributed by atoms with E-state index < -0.39 is 0 Å². The fraction of sp³-hybridized carbons (Fsp3) is 0.312. The summed E-state index contributed by atoms with van der Waals surface area (Å²) in [7, 11) is 1.64. The molecule has 20 heavy (non-hydrogen) atoms. The molecule has 0 aliphatic carbocycles. The lowest BCUT2D eigenvalue weighted by Gasteiger charge is -2.10. The highest BCUT2D eigenvalue weighted by Gasteiger charge is 2.06. The van der Waals surface area contributed by atoms with Crippen LogP contribution < -0.4 is 10.6 Å². The van der Waals surface area contributed by atoms with Gasteiger partial charge in [-0.05, 0) is 49.2 Å². The van der Waals surface area contributed by atoms with E-state index in [0.717, 1.165) is 24.3 Å². The number of nitrogens with one attached hydrogen (secondary N) is 2. The van der Waals surface area contributed by atoms with Crippen LogP contribution in [0.25, 0.3) is 0 Å². The lowest BCUT2D eigenvalue weighted by molar-refractivity contribution is 0.0963. The Balaban J connectivity index is 2.04. The van der Waals surface area contributed by atoms with Crippen molar-refractivity contribution in [3.63, 3.8) is 0 Å². The number of carbonyl (C=O) groups excluding carboxylic acids is 1. The maximum absolute atomic E-state index is 11.6. The number of carbonyl (C=O) groups is 1. The van der Waals surface area contributed by atoms with Crippen molar-refractivity contribution in [3.8, 4) is 0 Å². The van der Waals surface area contributed by atoms with E-state index >= 15 is 0 Å². The van der Waals surface area contributed by atoms with E-state index in [0.29, 0.717) is 5.56 Å². The molecule has 0 atom stereocenters. The van der Waals surface area contributed by atoms with Crippen molar-refractivity contribution in [3.05, 3.63) is 53.3 Å². The van der Waals surface area contributed by atoms with Crippen LogP contribution in [0.5, 0.6) is 0 Å². The molecular weight excluding hydrogens is 250 g/mol. The molecule has 106 valence electrons. The van der Waals surface area contributed by atoms with Crippen molar-refractivity contribution < 1.29 is 4.79 Å². The van der Waals surface area contributed by atoms with Gasteiger partial charge in [-0.1, -0.05) is 0 Å². The van der Waals surface area contributed by atoms with Gasteiger partial charge in [0.15, 0.2) is 0 Å². The van der Waals surface area contributed by atoms with Crippen LogP contribution in [-0.2, 0) is 13.1 Å². The smallest absolute Gasteiger partial charge is 0.251 e. The van der Waals surface area contributed by atoms with E-state index in [9.17, 15) is 4.79 Å². The molecule has 1 aromatic carbocycles. The Morgan fingerprint density at radius 2 is 2.10 bits per heavy atom. The molecular formula is C16H21N3O. The number of hydrogen-bond donors (Lipinski definition) is 2. The highest BCUT2D eigenvalue weighted by atomic mass is 16.1. The van der Waals surface area contributed by atoms with Crippen molar-refractivity contribution >= 4 is 11.6 Å². The number of nitrogens with zero attached hydrogens (tertiary/aromatic N) is 1. The van der Waals surface area contributed by atoms with E-state index in [-0.39, 0.29) is 5.91 Å². The number of aromatic nitrogens is 1. The summed E-state index contributed by atoms with van der Waals surface area (Å²) in [6, 6.07) is 7.81. The molecule has 0 bridgehead atoms. The maximum atomic E-state index is 11.6. The normalized spacial score (nSPS) is 10.3. The predicted molar refractivity (Wildman–Crippen MR) is 82.0 cm³/mol. The summed E-state index contributed by atoms with van der Waals surface area (Å²) in [4.78, 5) is 11.6. The Kier molecular flexibility index (Phi) is 4.45. The molecule has 2 aromatic rings. The van der Waals surface area contributed by atoms with Gasteiger partial charge in [0.1, 0.15) is 0 Å². The highest BCUT2D eigenvalue weighted by molar-refractivity contribution is 5.94. The molecule has 4 heteroatoms. The average molecular weight is 271 g/mol. The molecule has 0 spiro atoms. The van der Waals surface area contributed by atoms with Crippen LogP contribution in [0.2, 0.25) is 0 Å². The molecule has 0 saturated carbocycles. The third-order valence-electron chi connectivity index (χ3n) is 3.38. The van der Waals surface area contributed by atoms with Crippen LogP contribution in [0.1, 0.15) is 28.4 Å². The summed E-state index contributed by atoms with van der Waals surface area (Å²) in [5, 5.41) is 6.04. The van der Waals surface area contributed by atoms with Gasteiger partial charge in [0.05, 0.1) is 0 Å². The number of rotatable bonds is 5. The van der Waals surface area contributed by atoms with Crippen LogP contribution in [0.4, 0.5) is 5.69 Å². The minimum absolute atomic E-state index is 0.0559. The van der Waals surface area contributed by atoms with Gasteiger partial charge in [-0.15, -0.1) is 0 Å². The molecule has 0 aliphatic rings. The first-order valence-electron chi connectivity index (χ1n) is 6.85. The topological polar surface area (TPSA) is 46.1 Å². The van der Waals surface area contributed by atoms with Crippen LogP contribution in [0.15, 0.2) is 36.7 Å². The van der Waals surface area contributed by atoms with Crippen LogP contribution in [0, 0.1) is 6.92 Å². The zero-order chi connectivity index (χ0) is 14.5. The monoisotopic (exact) mass is 271 g/mol. The van der Waals surface area contributed by atoms with E-state index in [1.54, 1.807) is 7.05 Å². The Labute approximate surface area is 119 Å². The summed E-state index contributed by atoms with van der Waals surface area (Å²) in [5.41, 5.74) is 4.07. The zero-order valence-electron chi connectivity index (χ0n) is 12.2. The molecule has 0 fully saturated rings. The van der Waals surface area contributed by atoms with Gasteiger partial charge >= 0.3 is 0 Å². The Morgan fingerprint density at radius 3 is 2.70 bits per heavy atom. The molecule has 2 rings (SSSR count). The quantitative estimate of drug-likeness (QED) is 0.878. The number of aryl methyl sites for hydroxylation is 2. The first kappa shape index (κ1) is 14.2. The number of hydrogen-bond acceptors (Lipinski definition) is 2. The average Bonchev–Trinajstić information content (AvgIpc) is 2.93. The Morgan fingerprint density at radius 1 is 1.30 bits per heavy atom. The molecule has 0 saturated heterocycles. The van der Waals surface area contributed by atoms with Crippen LogP contribution >= 0.6 is 0 Å². The fourth-order valence-corrected chi connectivity index (χ4v) is 2.14. The molecule has 0 unspecified atom stereocenters. The van der Waals surface area contributed by atoms with Gasteiger partial charge in [-0.3, -0.25) is 4.79 Å². The number of anilines is 1.